The Labute approximate surface area is 146 Å². The van der Waals surface area contributed by atoms with E-state index in [0.29, 0.717) is 5.56 Å². The van der Waals surface area contributed by atoms with Crippen LogP contribution in [0, 0.1) is 0 Å². The van der Waals surface area contributed by atoms with Crippen molar-refractivity contribution in [2.45, 2.75) is 25.3 Å². The molecule has 0 aliphatic carbocycles. The predicted octanol–water partition coefficient (Wildman–Crippen LogP) is 2.29. The molecule has 1 aliphatic heterocycles. The molecule has 2 heterocycles. The van der Waals surface area contributed by atoms with E-state index in [1.807, 2.05) is 22.7 Å². The molecule has 25 heavy (non-hydrogen) atoms. The van der Waals surface area contributed by atoms with Gasteiger partial charge in [0.1, 0.15) is 0 Å². The fourth-order valence-electron chi connectivity index (χ4n) is 3.24. The maximum atomic E-state index is 12.7. The van der Waals surface area contributed by atoms with Crippen LogP contribution in [0.2, 0.25) is 0 Å². The van der Waals surface area contributed by atoms with Crippen LogP contribution in [-0.4, -0.2) is 33.0 Å². The number of amides is 2. The summed E-state index contributed by atoms with van der Waals surface area (Å²) < 4.78 is 1.84. The Morgan fingerprint density at radius 2 is 1.96 bits per heavy atom. The lowest BCUT2D eigenvalue weighted by Gasteiger charge is -2.35. The van der Waals surface area contributed by atoms with Gasteiger partial charge < -0.3 is 10.6 Å². The van der Waals surface area contributed by atoms with Crippen LogP contribution in [0.1, 0.15) is 46.9 Å². The van der Waals surface area contributed by atoms with Crippen molar-refractivity contribution in [1.82, 2.24) is 14.7 Å². The Balaban J connectivity index is 1.74. The molecule has 2 aromatic rings. The van der Waals surface area contributed by atoms with Crippen LogP contribution in [-0.2, 0) is 11.8 Å². The smallest absolute Gasteiger partial charge is 0.248 e. The summed E-state index contributed by atoms with van der Waals surface area (Å²) in [7, 11) is 1.91. The maximum absolute atomic E-state index is 12.7. The lowest BCUT2D eigenvalue weighted by molar-refractivity contribution is -0.129. The quantitative estimate of drug-likeness (QED) is 0.869. The van der Waals surface area contributed by atoms with Gasteiger partial charge in [0, 0.05) is 31.4 Å². The number of piperidine rings is 1. The van der Waals surface area contributed by atoms with Gasteiger partial charge in [0.05, 0.1) is 11.7 Å². The van der Waals surface area contributed by atoms with E-state index in [-0.39, 0.29) is 11.9 Å². The van der Waals surface area contributed by atoms with E-state index in [4.69, 9.17) is 5.73 Å². The molecule has 1 aromatic carbocycles. The molecule has 130 valence electrons. The number of rotatable bonds is 4. The number of hydrogen-bond donors (Lipinski definition) is 1. The van der Waals surface area contributed by atoms with Crippen molar-refractivity contribution in [2.24, 2.45) is 12.8 Å². The van der Waals surface area contributed by atoms with Crippen molar-refractivity contribution < 1.29 is 9.59 Å². The minimum Gasteiger partial charge on any atom is -0.366 e. The summed E-state index contributed by atoms with van der Waals surface area (Å²) in [5.74, 6) is -0.469. The summed E-state index contributed by atoms with van der Waals surface area (Å²) in [6, 6.07) is 8.91. The third-order valence-electron chi connectivity index (χ3n) is 4.60. The first kappa shape index (κ1) is 17.0. The van der Waals surface area contributed by atoms with Gasteiger partial charge in [-0.1, -0.05) is 12.1 Å². The predicted molar refractivity (Wildman–Crippen MR) is 95.5 cm³/mol. The van der Waals surface area contributed by atoms with Gasteiger partial charge in [-0.3, -0.25) is 14.3 Å². The molecule has 1 fully saturated rings. The molecular formula is C19H22N4O2. The molecule has 3 rings (SSSR count). The van der Waals surface area contributed by atoms with E-state index in [9.17, 15) is 9.59 Å². The first-order valence-electron chi connectivity index (χ1n) is 8.42. The Morgan fingerprint density at radius 1 is 1.20 bits per heavy atom. The number of benzene rings is 1. The van der Waals surface area contributed by atoms with Crippen LogP contribution < -0.4 is 5.73 Å². The Morgan fingerprint density at radius 3 is 2.60 bits per heavy atom. The third-order valence-corrected chi connectivity index (χ3v) is 4.60. The van der Waals surface area contributed by atoms with Crippen LogP contribution in [0.3, 0.4) is 0 Å². The fraction of sp³-hybridized carbons (Fsp3) is 0.316. The number of nitrogens with zero attached hydrogens (tertiary/aromatic N) is 3. The molecule has 1 saturated heterocycles. The van der Waals surface area contributed by atoms with Crippen LogP contribution in [0.5, 0.6) is 0 Å². The molecule has 6 heteroatoms. The van der Waals surface area contributed by atoms with Crippen LogP contribution >= 0.6 is 0 Å². The zero-order valence-electron chi connectivity index (χ0n) is 14.3. The highest BCUT2D eigenvalue weighted by molar-refractivity contribution is 5.94. The zero-order chi connectivity index (χ0) is 17.8. The summed E-state index contributed by atoms with van der Waals surface area (Å²) >= 11 is 0. The van der Waals surface area contributed by atoms with E-state index in [0.717, 1.165) is 37.1 Å². The second-order valence-electron chi connectivity index (χ2n) is 6.24. The molecule has 1 atom stereocenters. The second kappa shape index (κ2) is 7.34. The largest absolute Gasteiger partial charge is 0.366 e. The molecule has 6 nitrogen and oxygen atoms in total. The van der Waals surface area contributed by atoms with Crippen LogP contribution in [0.25, 0.3) is 6.08 Å². The molecule has 2 amide bonds. The van der Waals surface area contributed by atoms with Gasteiger partial charge in [-0.25, -0.2) is 0 Å². The second-order valence-corrected chi connectivity index (χ2v) is 6.24. The number of aryl methyl sites for hydroxylation is 1. The first-order chi connectivity index (χ1) is 12.1. The third kappa shape index (κ3) is 3.79. The zero-order valence-corrected chi connectivity index (χ0v) is 14.3. The standard InChI is InChI=1S/C19H22N4O2/c1-22-16(11-12-21-22)17-4-2-3-13-23(17)18(24)10-7-14-5-8-15(9-6-14)19(20)25/h5-12,17H,2-4,13H2,1H3,(H2,20,25)/b10-7+. The maximum Gasteiger partial charge on any atom is 0.248 e. The Hall–Kier alpha value is -2.89. The van der Waals surface area contributed by atoms with Crippen molar-refractivity contribution in [3.63, 3.8) is 0 Å². The summed E-state index contributed by atoms with van der Waals surface area (Å²) in [5, 5.41) is 4.22. The highest BCUT2D eigenvalue weighted by Gasteiger charge is 2.28. The summed E-state index contributed by atoms with van der Waals surface area (Å²) in [6.07, 6.45) is 8.20. The van der Waals surface area contributed by atoms with Crippen molar-refractivity contribution >= 4 is 17.9 Å². The number of nitrogens with two attached hydrogens (primary N) is 1. The number of carbonyl (C=O) groups excluding carboxylic acids is 2. The van der Waals surface area contributed by atoms with Crippen molar-refractivity contribution in [2.75, 3.05) is 6.54 Å². The first-order valence-corrected chi connectivity index (χ1v) is 8.42. The van der Waals surface area contributed by atoms with Gasteiger partial charge >= 0.3 is 0 Å². The molecule has 1 aliphatic rings. The Bertz CT molecular complexity index is 792. The number of primary amides is 1. The minimum atomic E-state index is -0.459. The SMILES string of the molecule is Cn1nccc1C1CCCCN1C(=O)/C=C/c1ccc(C(N)=O)cc1. The number of hydrogen-bond acceptors (Lipinski definition) is 3. The van der Waals surface area contributed by atoms with Gasteiger partial charge in [-0.2, -0.15) is 5.10 Å². The molecule has 1 unspecified atom stereocenters. The van der Waals surface area contributed by atoms with Gasteiger partial charge in [0.15, 0.2) is 0 Å². The topological polar surface area (TPSA) is 81.2 Å². The molecule has 1 aromatic heterocycles. The molecule has 2 N–H and O–H groups in total. The average Bonchev–Trinajstić information content (AvgIpc) is 3.06. The lowest BCUT2D eigenvalue weighted by Crippen LogP contribution is -2.38. The highest BCUT2D eigenvalue weighted by atomic mass is 16.2. The number of carbonyl (C=O) groups is 2. The Kier molecular flexibility index (Phi) is 4.97. The summed E-state index contributed by atoms with van der Waals surface area (Å²) in [4.78, 5) is 25.7. The normalized spacial score (nSPS) is 17.8. The summed E-state index contributed by atoms with van der Waals surface area (Å²) in [5.41, 5.74) is 7.60. The van der Waals surface area contributed by atoms with E-state index < -0.39 is 5.91 Å². The van der Waals surface area contributed by atoms with Crippen LogP contribution in [0.4, 0.5) is 0 Å². The van der Waals surface area contributed by atoms with E-state index in [2.05, 4.69) is 5.10 Å². The average molecular weight is 338 g/mol. The summed E-state index contributed by atoms with van der Waals surface area (Å²) in [6.45, 7) is 0.750. The monoisotopic (exact) mass is 338 g/mol. The van der Waals surface area contributed by atoms with E-state index in [1.165, 1.54) is 0 Å². The van der Waals surface area contributed by atoms with E-state index in [1.54, 1.807) is 42.6 Å². The van der Waals surface area contributed by atoms with Crippen molar-refractivity contribution in [3.05, 3.63) is 59.4 Å². The molecule has 0 radical (unpaired) electrons. The van der Waals surface area contributed by atoms with Gasteiger partial charge in [-0.15, -0.1) is 0 Å². The highest BCUT2D eigenvalue weighted by Crippen LogP contribution is 2.30. The molecule has 0 saturated carbocycles. The van der Waals surface area contributed by atoms with Crippen molar-refractivity contribution in [3.8, 4) is 0 Å². The minimum absolute atomic E-state index is 0.00937. The number of aromatic nitrogens is 2. The number of likely N-dealkylation sites (tertiary alicyclic amines) is 1. The molecule has 0 spiro atoms. The van der Waals surface area contributed by atoms with Gasteiger partial charge in [0.25, 0.3) is 0 Å². The molecule has 0 bridgehead atoms. The van der Waals surface area contributed by atoms with Gasteiger partial charge in [0.2, 0.25) is 11.8 Å². The van der Waals surface area contributed by atoms with Gasteiger partial charge in [-0.05, 0) is 49.1 Å². The lowest BCUT2D eigenvalue weighted by atomic mass is 9.99. The fourth-order valence-corrected chi connectivity index (χ4v) is 3.24. The van der Waals surface area contributed by atoms with Crippen molar-refractivity contribution in [1.29, 1.82) is 0 Å². The molecular weight excluding hydrogens is 316 g/mol. The van der Waals surface area contributed by atoms with Crippen LogP contribution in [0.15, 0.2) is 42.6 Å². The van der Waals surface area contributed by atoms with E-state index >= 15 is 0 Å².